The molecule has 2 rings (SSSR count). The largest absolute Gasteiger partial charge is 0.387 e. The lowest BCUT2D eigenvalue weighted by molar-refractivity contribution is -0.384. The number of hydrogen-bond donors (Lipinski definition) is 2. The van der Waals surface area contributed by atoms with Crippen LogP contribution in [0.25, 0.3) is 0 Å². The van der Waals surface area contributed by atoms with Crippen LogP contribution in [0, 0.1) is 16.0 Å². The van der Waals surface area contributed by atoms with Crippen LogP contribution in [-0.2, 0) is 0 Å². The normalized spacial score (nSPS) is 15.5. The molecule has 1 fully saturated rings. The Morgan fingerprint density at radius 3 is 2.76 bits per heavy atom. The van der Waals surface area contributed by atoms with Crippen molar-refractivity contribution < 1.29 is 9.72 Å². The Morgan fingerprint density at radius 2 is 2.14 bits per heavy atom. The molecule has 0 aromatic heterocycles. The fourth-order valence-electron chi connectivity index (χ4n) is 2.33. The molecule has 0 spiro atoms. The van der Waals surface area contributed by atoms with Crippen LogP contribution in [0.5, 0.6) is 0 Å². The molecule has 0 saturated carbocycles. The summed E-state index contributed by atoms with van der Waals surface area (Å²) in [5, 5.41) is 16.6. The van der Waals surface area contributed by atoms with Gasteiger partial charge in [0, 0.05) is 31.4 Å². The van der Waals surface area contributed by atoms with E-state index in [9.17, 15) is 14.9 Å². The van der Waals surface area contributed by atoms with Crippen molar-refractivity contribution in [1.29, 1.82) is 0 Å². The van der Waals surface area contributed by atoms with Crippen LogP contribution in [0.4, 0.5) is 11.4 Å². The van der Waals surface area contributed by atoms with Crippen LogP contribution >= 0.6 is 11.8 Å². The van der Waals surface area contributed by atoms with Crippen LogP contribution in [0.2, 0.25) is 0 Å². The first-order valence-corrected chi connectivity index (χ1v) is 8.09. The number of carbonyl (C=O) groups excluding carboxylic acids is 1. The van der Waals surface area contributed by atoms with Gasteiger partial charge >= 0.3 is 0 Å². The topological polar surface area (TPSA) is 84.3 Å². The third-order valence-electron chi connectivity index (χ3n) is 3.62. The Balaban J connectivity index is 2.06. The van der Waals surface area contributed by atoms with Crippen molar-refractivity contribution in [2.24, 2.45) is 5.92 Å². The fraction of sp³-hybridized carbons (Fsp3) is 0.500. The van der Waals surface area contributed by atoms with E-state index in [2.05, 4.69) is 10.6 Å². The predicted octanol–water partition coefficient (Wildman–Crippen LogP) is 2.51. The Labute approximate surface area is 127 Å². The second-order valence-corrected chi connectivity index (χ2v) is 6.23. The van der Waals surface area contributed by atoms with Gasteiger partial charge in [0.2, 0.25) is 0 Å². The molecular formula is C14H19N3O3S. The van der Waals surface area contributed by atoms with E-state index in [1.54, 1.807) is 13.1 Å². The molecule has 1 heterocycles. The Bertz CT molecular complexity index is 530. The summed E-state index contributed by atoms with van der Waals surface area (Å²) >= 11 is 1.94. The Kier molecular flexibility index (Phi) is 5.44. The highest BCUT2D eigenvalue weighted by atomic mass is 32.2. The maximum Gasteiger partial charge on any atom is 0.270 e. The van der Waals surface area contributed by atoms with E-state index in [0.717, 1.165) is 24.3 Å². The number of amides is 1. The number of thioether (sulfide) groups is 1. The van der Waals surface area contributed by atoms with Gasteiger partial charge in [0.05, 0.1) is 10.5 Å². The Morgan fingerprint density at radius 1 is 1.43 bits per heavy atom. The van der Waals surface area contributed by atoms with Gasteiger partial charge in [-0.05, 0) is 36.3 Å². The van der Waals surface area contributed by atoms with Gasteiger partial charge in [-0.2, -0.15) is 11.8 Å². The third-order valence-corrected chi connectivity index (χ3v) is 4.67. The third kappa shape index (κ3) is 4.10. The monoisotopic (exact) mass is 309 g/mol. The molecule has 1 aliphatic heterocycles. The molecular weight excluding hydrogens is 290 g/mol. The molecule has 1 aromatic rings. The number of benzene rings is 1. The average molecular weight is 309 g/mol. The zero-order valence-corrected chi connectivity index (χ0v) is 12.7. The lowest BCUT2D eigenvalue weighted by Crippen LogP contribution is -2.31. The van der Waals surface area contributed by atoms with Gasteiger partial charge in [0.1, 0.15) is 0 Å². The second-order valence-electron chi connectivity index (χ2n) is 5.00. The van der Waals surface area contributed by atoms with Crippen LogP contribution in [0.15, 0.2) is 18.2 Å². The van der Waals surface area contributed by atoms with E-state index in [1.165, 1.54) is 12.1 Å². The SMILES string of the molecule is CNc1ccc([N+](=O)[O-])cc1C(=O)NCC1CCSCC1. The minimum absolute atomic E-state index is 0.0757. The molecule has 1 aliphatic rings. The highest BCUT2D eigenvalue weighted by Crippen LogP contribution is 2.24. The highest BCUT2D eigenvalue weighted by Gasteiger charge is 2.18. The van der Waals surface area contributed by atoms with Crippen molar-refractivity contribution >= 4 is 29.0 Å². The number of nitro groups is 1. The van der Waals surface area contributed by atoms with E-state index >= 15 is 0 Å². The molecule has 21 heavy (non-hydrogen) atoms. The smallest absolute Gasteiger partial charge is 0.270 e. The van der Waals surface area contributed by atoms with Crippen LogP contribution in [-0.4, -0.2) is 35.9 Å². The fourth-order valence-corrected chi connectivity index (χ4v) is 3.54. The van der Waals surface area contributed by atoms with Crippen molar-refractivity contribution in [3.05, 3.63) is 33.9 Å². The number of nitrogens with zero attached hydrogens (tertiary/aromatic N) is 1. The first-order valence-electron chi connectivity index (χ1n) is 6.94. The highest BCUT2D eigenvalue weighted by molar-refractivity contribution is 7.99. The predicted molar refractivity (Wildman–Crippen MR) is 85.0 cm³/mol. The molecule has 1 aromatic carbocycles. The van der Waals surface area contributed by atoms with Crippen molar-refractivity contribution in [3.63, 3.8) is 0 Å². The minimum atomic E-state index is -0.491. The van der Waals surface area contributed by atoms with Crippen molar-refractivity contribution in [2.45, 2.75) is 12.8 Å². The molecule has 114 valence electrons. The first kappa shape index (κ1) is 15.6. The molecule has 7 heteroatoms. The van der Waals surface area contributed by atoms with E-state index in [-0.39, 0.29) is 11.6 Å². The van der Waals surface area contributed by atoms with Crippen molar-refractivity contribution in [3.8, 4) is 0 Å². The molecule has 1 amide bonds. The number of nitrogens with one attached hydrogen (secondary N) is 2. The lowest BCUT2D eigenvalue weighted by Gasteiger charge is -2.21. The van der Waals surface area contributed by atoms with Gasteiger partial charge < -0.3 is 10.6 Å². The zero-order valence-electron chi connectivity index (χ0n) is 11.9. The molecule has 0 atom stereocenters. The summed E-state index contributed by atoms with van der Waals surface area (Å²) in [6, 6.07) is 4.27. The van der Waals surface area contributed by atoms with Gasteiger partial charge in [-0.25, -0.2) is 0 Å². The van der Waals surface area contributed by atoms with Crippen LogP contribution in [0.1, 0.15) is 23.2 Å². The molecule has 1 saturated heterocycles. The molecule has 6 nitrogen and oxygen atoms in total. The molecule has 0 unspecified atom stereocenters. The van der Waals surface area contributed by atoms with Crippen molar-refractivity contribution in [1.82, 2.24) is 5.32 Å². The van der Waals surface area contributed by atoms with E-state index in [1.807, 2.05) is 11.8 Å². The van der Waals surface area contributed by atoms with E-state index in [0.29, 0.717) is 23.7 Å². The molecule has 2 N–H and O–H groups in total. The summed E-state index contributed by atoms with van der Waals surface area (Å²) in [5.41, 5.74) is 0.836. The summed E-state index contributed by atoms with van der Waals surface area (Å²) in [5.74, 6) is 2.52. The quantitative estimate of drug-likeness (QED) is 0.645. The number of nitro benzene ring substituents is 1. The number of hydrogen-bond acceptors (Lipinski definition) is 5. The van der Waals surface area contributed by atoms with Gasteiger partial charge in [-0.3, -0.25) is 14.9 Å². The maximum absolute atomic E-state index is 12.3. The van der Waals surface area contributed by atoms with Gasteiger partial charge in [0.15, 0.2) is 0 Å². The molecule has 0 radical (unpaired) electrons. The summed E-state index contributed by atoms with van der Waals surface area (Å²) < 4.78 is 0. The number of non-ortho nitro benzene ring substituents is 1. The summed E-state index contributed by atoms with van der Waals surface area (Å²) in [7, 11) is 1.69. The molecule has 0 bridgehead atoms. The van der Waals surface area contributed by atoms with Gasteiger partial charge in [0.25, 0.3) is 11.6 Å². The number of carbonyl (C=O) groups is 1. The van der Waals surface area contributed by atoms with E-state index < -0.39 is 4.92 Å². The van der Waals surface area contributed by atoms with Gasteiger partial charge in [-0.1, -0.05) is 0 Å². The van der Waals surface area contributed by atoms with Gasteiger partial charge in [-0.15, -0.1) is 0 Å². The second kappa shape index (κ2) is 7.31. The number of anilines is 1. The molecule has 0 aliphatic carbocycles. The van der Waals surface area contributed by atoms with E-state index in [4.69, 9.17) is 0 Å². The van der Waals surface area contributed by atoms with Crippen LogP contribution < -0.4 is 10.6 Å². The Hall–Kier alpha value is -1.76. The standard InChI is InChI=1S/C14H19N3O3S/c1-15-13-3-2-11(17(19)20)8-12(13)14(18)16-9-10-4-6-21-7-5-10/h2-3,8,10,15H,4-7,9H2,1H3,(H,16,18). The van der Waals surface area contributed by atoms with Crippen LogP contribution in [0.3, 0.4) is 0 Å². The maximum atomic E-state index is 12.3. The zero-order chi connectivity index (χ0) is 15.2. The summed E-state index contributed by atoms with van der Waals surface area (Å²) in [4.78, 5) is 22.6. The lowest BCUT2D eigenvalue weighted by atomic mass is 10.0. The van der Waals surface area contributed by atoms with Crippen molar-refractivity contribution in [2.75, 3.05) is 30.4 Å². The summed E-state index contributed by atoms with van der Waals surface area (Å²) in [6.45, 7) is 0.630. The first-order chi connectivity index (χ1) is 10.1. The average Bonchev–Trinajstić information content (AvgIpc) is 2.52. The minimum Gasteiger partial charge on any atom is -0.387 e. The number of rotatable bonds is 5. The summed E-state index contributed by atoms with van der Waals surface area (Å²) in [6.07, 6.45) is 2.22.